The summed E-state index contributed by atoms with van der Waals surface area (Å²) in [6.07, 6.45) is 0. The Morgan fingerprint density at radius 2 is 0.787 bits per heavy atom. The predicted octanol–water partition coefficient (Wildman–Crippen LogP) is 15.8. The highest BCUT2D eigenvalue weighted by Crippen LogP contribution is 2.66. The van der Waals surface area contributed by atoms with Crippen LogP contribution in [0.5, 0.6) is 0 Å². The van der Waals surface area contributed by atoms with Gasteiger partial charge in [-0.05, 0) is 111 Å². The molecule has 2 heteroatoms. The molecule has 286 valence electrons. The van der Waals surface area contributed by atoms with E-state index < -0.39 is 5.41 Å². The highest BCUT2D eigenvalue weighted by molar-refractivity contribution is 6.12. The van der Waals surface area contributed by atoms with Crippen LogP contribution in [0.25, 0.3) is 44.2 Å². The summed E-state index contributed by atoms with van der Waals surface area (Å²) < 4.78 is 0. The quantitative estimate of drug-likeness (QED) is 0.159. The van der Waals surface area contributed by atoms with E-state index in [0.29, 0.717) is 0 Å². The van der Waals surface area contributed by atoms with Crippen molar-refractivity contribution in [3.8, 4) is 33.4 Å². The molecule has 10 aromatic rings. The van der Waals surface area contributed by atoms with Crippen LogP contribution in [0.15, 0.2) is 243 Å². The Morgan fingerprint density at radius 3 is 1.46 bits per heavy atom. The van der Waals surface area contributed by atoms with Crippen LogP contribution in [0.2, 0.25) is 0 Å². The summed E-state index contributed by atoms with van der Waals surface area (Å²) >= 11 is 0. The monoisotopic (exact) mass is 776 g/mol. The summed E-state index contributed by atoms with van der Waals surface area (Å²) in [7, 11) is 0. The fraction of sp³-hybridized carbons (Fsp3) is 0.0169. The maximum Gasteiger partial charge on any atom is 0.0726 e. The zero-order chi connectivity index (χ0) is 40.3. The molecule has 0 saturated carbocycles. The molecule has 0 heterocycles. The number of benzene rings is 10. The van der Waals surface area contributed by atoms with Crippen LogP contribution < -0.4 is 9.80 Å². The van der Waals surface area contributed by atoms with E-state index in [1.165, 1.54) is 72.1 Å². The van der Waals surface area contributed by atoms with Crippen LogP contribution in [-0.4, -0.2) is 0 Å². The van der Waals surface area contributed by atoms with Gasteiger partial charge in [0.05, 0.1) is 16.8 Å². The maximum absolute atomic E-state index is 2.53. The third-order valence-electron chi connectivity index (χ3n) is 12.8. The molecule has 0 aliphatic heterocycles. The van der Waals surface area contributed by atoms with Crippen molar-refractivity contribution in [2.75, 3.05) is 9.80 Å². The smallest absolute Gasteiger partial charge is 0.0726 e. The van der Waals surface area contributed by atoms with Gasteiger partial charge in [0.25, 0.3) is 0 Å². The molecule has 0 saturated heterocycles. The molecule has 2 aliphatic rings. The molecule has 2 aliphatic carbocycles. The number of nitrogens with zero attached hydrogens (tertiary/aromatic N) is 2. The zero-order valence-corrected chi connectivity index (χ0v) is 33.5. The summed E-state index contributed by atoms with van der Waals surface area (Å²) in [6, 6.07) is 89.0. The number of hydrogen-bond acceptors (Lipinski definition) is 2. The van der Waals surface area contributed by atoms with Crippen LogP contribution >= 0.6 is 0 Å². The lowest BCUT2D eigenvalue weighted by Gasteiger charge is -2.33. The minimum atomic E-state index is -0.555. The van der Waals surface area contributed by atoms with Crippen molar-refractivity contribution >= 4 is 44.9 Å². The van der Waals surface area contributed by atoms with E-state index in [4.69, 9.17) is 0 Å². The van der Waals surface area contributed by atoms with Crippen molar-refractivity contribution in [1.29, 1.82) is 0 Å². The first kappa shape index (κ1) is 35.0. The molecule has 0 radical (unpaired) electrons. The summed E-state index contributed by atoms with van der Waals surface area (Å²) in [5.41, 5.74) is 18.9. The molecule has 1 spiro atoms. The molecule has 0 N–H and O–H groups in total. The molecular formula is C59H40N2. The minimum Gasteiger partial charge on any atom is -0.310 e. The van der Waals surface area contributed by atoms with Crippen LogP contribution in [0.1, 0.15) is 22.3 Å². The second-order valence-electron chi connectivity index (χ2n) is 16.0. The van der Waals surface area contributed by atoms with E-state index in [2.05, 4.69) is 252 Å². The molecule has 61 heavy (non-hydrogen) atoms. The van der Waals surface area contributed by atoms with E-state index in [-0.39, 0.29) is 0 Å². The summed E-state index contributed by atoms with van der Waals surface area (Å²) in [5, 5.41) is 2.42. The summed E-state index contributed by atoms with van der Waals surface area (Å²) in [4.78, 5) is 4.90. The molecule has 12 rings (SSSR count). The average Bonchev–Trinajstić information content (AvgIpc) is 3.80. The van der Waals surface area contributed by atoms with Crippen molar-refractivity contribution < 1.29 is 0 Å². The third kappa shape index (κ3) is 5.29. The van der Waals surface area contributed by atoms with E-state index in [1.807, 2.05) is 0 Å². The number of hydrogen-bond donors (Lipinski definition) is 0. The lowest BCUT2D eigenvalue weighted by Crippen LogP contribution is -2.26. The Hall–Kier alpha value is -7.94. The molecule has 1 atom stereocenters. The van der Waals surface area contributed by atoms with E-state index in [9.17, 15) is 0 Å². The molecule has 0 amide bonds. The zero-order valence-electron chi connectivity index (χ0n) is 33.5. The minimum absolute atomic E-state index is 0.555. The van der Waals surface area contributed by atoms with Gasteiger partial charge < -0.3 is 9.80 Å². The molecule has 0 fully saturated rings. The van der Waals surface area contributed by atoms with Crippen molar-refractivity contribution in [3.63, 3.8) is 0 Å². The van der Waals surface area contributed by atoms with Gasteiger partial charge in [-0.3, -0.25) is 0 Å². The van der Waals surface area contributed by atoms with Crippen LogP contribution in [0.3, 0.4) is 0 Å². The molecule has 10 aromatic carbocycles. The second kappa shape index (κ2) is 14.1. The first-order valence-corrected chi connectivity index (χ1v) is 21.1. The summed E-state index contributed by atoms with van der Waals surface area (Å²) in [5.74, 6) is 0. The standard InChI is InChI=1S/C59H40N2/c1-5-21-41(22-6-1)47-30-17-20-36-56(47)61(45-28-11-4-12-29-45)58-48-31-14-13-23-42(48)39-55-57(58)50-33-16-19-35-53(50)59(55)52-34-18-15-32-49(52)51-40-46(37-38-54(51)59)60(43-24-7-2-8-25-43)44-26-9-3-10-27-44/h1-40H. The fourth-order valence-electron chi connectivity index (χ4n) is 10.4. The van der Waals surface area contributed by atoms with Gasteiger partial charge >= 0.3 is 0 Å². The Labute approximate surface area is 356 Å². The van der Waals surface area contributed by atoms with Crippen molar-refractivity contribution in [3.05, 3.63) is 265 Å². The van der Waals surface area contributed by atoms with Crippen LogP contribution in [-0.2, 0) is 5.41 Å². The van der Waals surface area contributed by atoms with Crippen LogP contribution in [0.4, 0.5) is 34.1 Å². The Morgan fingerprint density at radius 1 is 0.295 bits per heavy atom. The van der Waals surface area contributed by atoms with E-state index in [0.717, 1.165) is 28.4 Å². The first-order valence-electron chi connectivity index (χ1n) is 21.1. The van der Waals surface area contributed by atoms with Gasteiger partial charge in [0.1, 0.15) is 0 Å². The number of rotatable bonds is 7. The number of para-hydroxylation sites is 4. The molecule has 0 bridgehead atoms. The molecular weight excluding hydrogens is 737 g/mol. The van der Waals surface area contributed by atoms with Gasteiger partial charge in [0.2, 0.25) is 0 Å². The lowest BCUT2D eigenvalue weighted by atomic mass is 9.70. The fourth-order valence-corrected chi connectivity index (χ4v) is 10.4. The first-order chi connectivity index (χ1) is 30.3. The Balaban J connectivity index is 1.18. The second-order valence-corrected chi connectivity index (χ2v) is 16.0. The van der Waals surface area contributed by atoms with Gasteiger partial charge in [-0.25, -0.2) is 0 Å². The normalized spacial score (nSPS) is 14.3. The van der Waals surface area contributed by atoms with Crippen LogP contribution in [0, 0.1) is 0 Å². The maximum atomic E-state index is 2.53. The SMILES string of the molecule is c1ccc(-c2ccccc2N(c2ccccc2)c2c3c(cc4ccccc24)C2(c4ccccc4-c4cc(N(c5ccccc5)c5ccccc5)ccc42)c2ccccc2-3)cc1. The van der Waals surface area contributed by atoms with Crippen molar-refractivity contribution in [2.45, 2.75) is 5.41 Å². The Kier molecular flexibility index (Phi) is 8.11. The molecule has 1 unspecified atom stereocenters. The lowest BCUT2D eigenvalue weighted by molar-refractivity contribution is 0.795. The van der Waals surface area contributed by atoms with Gasteiger partial charge in [0, 0.05) is 39.3 Å². The number of anilines is 6. The highest BCUT2D eigenvalue weighted by Gasteiger charge is 2.53. The van der Waals surface area contributed by atoms with Crippen molar-refractivity contribution in [1.82, 2.24) is 0 Å². The average molecular weight is 777 g/mol. The van der Waals surface area contributed by atoms with Gasteiger partial charge in [-0.2, -0.15) is 0 Å². The highest BCUT2D eigenvalue weighted by atomic mass is 15.2. The topological polar surface area (TPSA) is 6.48 Å². The van der Waals surface area contributed by atoms with Gasteiger partial charge in [-0.1, -0.05) is 182 Å². The Bertz CT molecular complexity index is 3210. The molecule has 0 aromatic heterocycles. The number of fused-ring (bicyclic) bond motifs is 11. The molecule has 2 nitrogen and oxygen atoms in total. The van der Waals surface area contributed by atoms with Gasteiger partial charge in [0.15, 0.2) is 0 Å². The largest absolute Gasteiger partial charge is 0.310 e. The third-order valence-corrected chi connectivity index (χ3v) is 12.8. The summed E-state index contributed by atoms with van der Waals surface area (Å²) in [6.45, 7) is 0. The van der Waals surface area contributed by atoms with E-state index >= 15 is 0 Å². The van der Waals surface area contributed by atoms with Gasteiger partial charge in [-0.15, -0.1) is 0 Å². The van der Waals surface area contributed by atoms with E-state index in [1.54, 1.807) is 0 Å². The predicted molar refractivity (Wildman–Crippen MR) is 255 cm³/mol. The van der Waals surface area contributed by atoms with Crippen molar-refractivity contribution in [2.24, 2.45) is 0 Å².